The zero-order chi connectivity index (χ0) is 13.1. The van der Waals surface area contributed by atoms with Crippen molar-refractivity contribution in [1.29, 1.82) is 0 Å². The van der Waals surface area contributed by atoms with Gasteiger partial charge in [-0.3, -0.25) is 0 Å². The second-order valence-electron chi connectivity index (χ2n) is 3.67. The molecule has 18 heavy (non-hydrogen) atoms. The van der Waals surface area contributed by atoms with Crippen LogP contribution in [0, 0.1) is 17.5 Å². The fourth-order valence-electron chi connectivity index (χ4n) is 1.46. The van der Waals surface area contributed by atoms with Crippen LogP contribution in [0.4, 0.5) is 13.2 Å². The van der Waals surface area contributed by atoms with Gasteiger partial charge in [0.2, 0.25) is 0 Å². The van der Waals surface area contributed by atoms with Gasteiger partial charge in [0, 0.05) is 18.0 Å². The van der Waals surface area contributed by atoms with Crippen molar-refractivity contribution in [2.24, 2.45) is 0 Å². The summed E-state index contributed by atoms with van der Waals surface area (Å²) in [6.45, 7) is 0. The third-order valence-corrected chi connectivity index (χ3v) is 2.61. The molecule has 0 N–H and O–H groups in total. The van der Waals surface area contributed by atoms with Crippen LogP contribution in [-0.4, -0.2) is 20.9 Å². The Hall–Kier alpha value is -1.56. The third kappa shape index (κ3) is 2.64. The third-order valence-electron chi connectivity index (χ3n) is 2.34. The summed E-state index contributed by atoms with van der Waals surface area (Å²) < 4.78 is 40.1. The highest BCUT2D eigenvalue weighted by Crippen LogP contribution is 2.16. The largest absolute Gasteiger partial charge is 0.220 e. The van der Waals surface area contributed by atoms with E-state index in [1.807, 2.05) is 0 Å². The summed E-state index contributed by atoms with van der Waals surface area (Å²) in [5, 5.41) is 7.55. The van der Waals surface area contributed by atoms with Gasteiger partial charge in [-0.05, 0) is 12.8 Å². The molecule has 0 radical (unpaired) electrons. The molecule has 1 aromatic carbocycles. The molecule has 7 heteroatoms. The summed E-state index contributed by atoms with van der Waals surface area (Å²) >= 11 is 5.54. The van der Waals surface area contributed by atoms with Crippen molar-refractivity contribution in [1.82, 2.24) is 15.0 Å². The van der Waals surface area contributed by atoms with E-state index in [9.17, 15) is 13.2 Å². The molecule has 0 fully saturated rings. The van der Waals surface area contributed by atoms with E-state index in [-0.39, 0.29) is 5.69 Å². The Labute approximate surface area is 106 Å². The minimum absolute atomic E-state index is 0.0797. The summed E-state index contributed by atoms with van der Waals surface area (Å²) in [4.78, 5) is 0. The first-order valence-corrected chi connectivity index (χ1v) is 5.77. The van der Waals surface area contributed by atoms with E-state index in [0.29, 0.717) is 18.0 Å². The summed E-state index contributed by atoms with van der Waals surface area (Å²) in [6, 6.07) is 1.72. The average Bonchev–Trinajstić information content (AvgIpc) is 2.81. The minimum Gasteiger partial charge on any atom is -0.220 e. The first-order chi connectivity index (χ1) is 8.61. The maximum atomic E-state index is 13.0. The number of nitrogens with zero attached hydrogens (tertiary/aromatic N) is 3. The lowest BCUT2D eigenvalue weighted by molar-refractivity contribution is 0.446. The molecule has 0 saturated carbocycles. The quantitative estimate of drug-likeness (QED) is 0.634. The Balaban J connectivity index is 2.28. The molecule has 0 aliphatic rings. The van der Waals surface area contributed by atoms with E-state index in [2.05, 4.69) is 10.3 Å². The highest BCUT2D eigenvalue weighted by molar-refractivity contribution is 6.17. The number of hydrogen-bond donors (Lipinski definition) is 0. The van der Waals surface area contributed by atoms with Crippen LogP contribution in [0.2, 0.25) is 0 Å². The molecular weight excluding hydrogens is 267 g/mol. The van der Waals surface area contributed by atoms with Crippen LogP contribution in [0.5, 0.6) is 0 Å². The Kier molecular flexibility index (Phi) is 3.86. The Morgan fingerprint density at radius 2 is 1.83 bits per heavy atom. The normalized spacial score (nSPS) is 10.9. The van der Waals surface area contributed by atoms with Crippen molar-refractivity contribution >= 4 is 11.6 Å². The van der Waals surface area contributed by atoms with Crippen molar-refractivity contribution in [3.63, 3.8) is 0 Å². The Morgan fingerprint density at radius 1 is 1.17 bits per heavy atom. The summed E-state index contributed by atoms with van der Waals surface area (Å²) in [5.74, 6) is -3.53. The molecule has 2 aromatic rings. The number of aryl methyl sites for hydroxylation is 1. The zero-order valence-electron chi connectivity index (χ0n) is 9.21. The van der Waals surface area contributed by atoms with Crippen molar-refractivity contribution in [2.75, 3.05) is 5.88 Å². The molecule has 0 unspecified atom stereocenters. The van der Waals surface area contributed by atoms with Crippen LogP contribution < -0.4 is 0 Å². The van der Waals surface area contributed by atoms with E-state index in [1.165, 1.54) is 10.9 Å². The van der Waals surface area contributed by atoms with E-state index < -0.39 is 17.5 Å². The van der Waals surface area contributed by atoms with Crippen molar-refractivity contribution in [3.05, 3.63) is 41.5 Å². The number of aromatic nitrogens is 3. The molecule has 0 atom stereocenters. The van der Waals surface area contributed by atoms with Gasteiger partial charge in [0.25, 0.3) is 0 Å². The van der Waals surface area contributed by atoms with Crippen LogP contribution in [0.15, 0.2) is 18.3 Å². The van der Waals surface area contributed by atoms with Crippen LogP contribution >= 0.6 is 11.6 Å². The topological polar surface area (TPSA) is 30.7 Å². The minimum atomic E-state index is -1.50. The molecular formula is C11H9ClF3N3. The molecule has 0 aliphatic carbocycles. The predicted molar refractivity (Wildman–Crippen MR) is 60.3 cm³/mol. The second kappa shape index (κ2) is 5.39. The highest BCUT2D eigenvalue weighted by Gasteiger charge is 2.12. The molecule has 0 aliphatic heterocycles. The van der Waals surface area contributed by atoms with E-state index in [4.69, 9.17) is 11.6 Å². The van der Waals surface area contributed by atoms with Crippen molar-refractivity contribution in [2.45, 2.75) is 12.8 Å². The zero-order valence-corrected chi connectivity index (χ0v) is 9.96. The molecule has 1 aromatic heterocycles. The van der Waals surface area contributed by atoms with Gasteiger partial charge in [0.05, 0.1) is 17.6 Å². The van der Waals surface area contributed by atoms with Gasteiger partial charge in [-0.15, -0.1) is 16.7 Å². The van der Waals surface area contributed by atoms with Gasteiger partial charge < -0.3 is 0 Å². The average molecular weight is 276 g/mol. The number of rotatable bonds is 4. The molecule has 0 bridgehead atoms. The summed E-state index contributed by atoms with van der Waals surface area (Å²) in [6.07, 6.45) is 2.88. The standard InChI is InChI=1S/C11H9ClF3N3/c12-3-1-2-7-6-18(17-16-7)8-4-9(13)11(15)10(14)5-8/h4-6H,1-3H2. The second-order valence-corrected chi connectivity index (χ2v) is 4.05. The number of hydrogen-bond acceptors (Lipinski definition) is 2. The summed E-state index contributed by atoms with van der Waals surface area (Å²) in [7, 11) is 0. The lowest BCUT2D eigenvalue weighted by Gasteiger charge is -2.01. The molecule has 0 spiro atoms. The molecule has 2 rings (SSSR count). The summed E-state index contributed by atoms with van der Waals surface area (Å²) in [5.41, 5.74) is 0.733. The van der Waals surface area contributed by atoms with Gasteiger partial charge in [-0.25, -0.2) is 17.9 Å². The first kappa shape index (κ1) is 12.9. The smallest absolute Gasteiger partial charge is 0.194 e. The van der Waals surface area contributed by atoms with Gasteiger partial charge in [-0.1, -0.05) is 5.21 Å². The Bertz CT molecular complexity index is 533. The number of benzene rings is 1. The molecule has 0 saturated heterocycles. The van der Waals surface area contributed by atoms with Crippen LogP contribution in [0.3, 0.4) is 0 Å². The van der Waals surface area contributed by atoms with Crippen LogP contribution in [0.25, 0.3) is 5.69 Å². The van der Waals surface area contributed by atoms with Crippen LogP contribution in [-0.2, 0) is 6.42 Å². The fourth-order valence-corrected chi connectivity index (χ4v) is 1.60. The monoisotopic (exact) mass is 275 g/mol. The highest BCUT2D eigenvalue weighted by atomic mass is 35.5. The van der Waals surface area contributed by atoms with Crippen LogP contribution in [0.1, 0.15) is 12.1 Å². The molecule has 3 nitrogen and oxygen atoms in total. The molecule has 0 amide bonds. The maximum absolute atomic E-state index is 13.0. The number of halogens is 4. The predicted octanol–water partition coefficient (Wildman–Crippen LogP) is 2.86. The molecule has 1 heterocycles. The SMILES string of the molecule is Fc1cc(-n2cc(CCCCl)nn2)cc(F)c1F. The maximum Gasteiger partial charge on any atom is 0.194 e. The molecule has 96 valence electrons. The van der Waals surface area contributed by atoms with E-state index in [0.717, 1.165) is 18.6 Å². The van der Waals surface area contributed by atoms with Gasteiger partial charge in [0.15, 0.2) is 17.5 Å². The van der Waals surface area contributed by atoms with Gasteiger partial charge in [0.1, 0.15) is 0 Å². The Morgan fingerprint density at radius 3 is 2.44 bits per heavy atom. The van der Waals surface area contributed by atoms with E-state index >= 15 is 0 Å². The van der Waals surface area contributed by atoms with E-state index in [1.54, 1.807) is 0 Å². The number of alkyl halides is 1. The lowest BCUT2D eigenvalue weighted by atomic mass is 10.2. The lowest BCUT2D eigenvalue weighted by Crippen LogP contribution is -1.99. The van der Waals surface area contributed by atoms with Crippen molar-refractivity contribution in [3.8, 4) is 5.69 Å². The first-order valence-electron chi connectivity index (χ1n) is 5.24. The van der Waals surface area contributed by atoms with Gasteiger partial charge in [-0.2, -0.15) is 0 Å². The fraction of sp³-hybridized carbons (Fsp3) is 0.273. The van der Waals surface area contributed by atoms with Crippen molar-refractivity contribution < 1.29 is 13.2 Å². The van der Waals surface area contributed by atoms with Gasteiger partial charge >= 0.3 is 0 Å².